The van der Waals surface area contributed by atoms with E-state index in [0.717, 1.165) is 11.1 Å². The van der Waals surface area contributed by atoms with Crippen molar-refractivity contribution in [2.45, 2.75) is 25.2 Å². The van der Waals surface area contributed by atoms with E-state index < -0.39 is 29.5 Å². The molecule has 2 saturated heterocycles. The van der Waals surface area contributed by atoms with Crippen molar-refractivity contribution in [2.75, 3.05) is 6.79 Å². The summed E-state index contributed by atoms with van der Waals surface area (Å²) in [7, 11) is 0. The molecule has 3 heterocycles. The van der Waals surface area contributed by atoms with Crippen molar-refractivity contribution in [1.82, 2.24) is 10.2 Å². The number of rotatable bonds is 3. The van der Waals surface area contributed by atoms with Crippen LogP contribution in [0.3, 0.4) is 0 Å². The summed E-state index contributed by atoms with van der Waals surface area (Å²) < 4.78 is 10.7. The molecule has 30 heavy (non-hydrogen) atoms. The highest BCUT2D eigenvalue weighted by atomic mass is 16.7. The number of carbonyl (C=O) groups excluding carboxylic acids is 2. The van der Waals surface area contributed by atoms with Crippen LogP contribution in [-0.4, -0.2) is 34.8 Å². The summed E-state index contributed by atoms with van der Waals surface area (Å²) in [5.41, 5.74) is 1.03. The second-order valence-electron chi connectivity index (χ2n) is 7.93. The standard InChI is InChI=1S/C22H19N3O5/c1-22(14-5-2-12(9-23)3-6-14)18-17(19(26)24-22)20(27)25(21(18)28)10-13-4-7-15-16(8-13)30-11-29-15/h2-8,17-19,24,26H,10-11H2,1H3. The van der Waals surface area contributed by atoms with Crippen molar-refractivity contribution in [2.24, 2.45) is 11.8 Å². The largest absolute Gasteiger partial charge is 0.454 e. The summed E-state index contributed by atoms with van der Waals surface area (Å²) in [4.78, 5) is 27.6. The Labute approximate surface area is 172 Å². The van der Waals surface area contributed by atoms with Crippen molar-refractivity contribution in [3.8, 4) is 17.6 Å². The molecule has 0 saturated carbocycles. The van der Waals surface area contributed by atoms with E-state index in [4.69, 9.17) is 14.7 Å². The Morgan fingerprint density at radius 3 is 2.63 bits per heavy atom. The van der Waals surface area contributed by atoms with Crippen LogP contribution in [0, 0.1) is 23.2 Å². The number of hydrogen-bond donors (Lipinski definition) is 2. The lowest BCUT2D eigenvalue weighted by molar-refractivity contribution is -0.142. The molecule has 152 valence electrons. The molecule has 4 unspecified atom stereocenters. The van der Waals surface area contributed by atoms with Crippen LogP contribution in [0.5, 0.6) is 11.5 Å². The van der Waals surface area contributed by atoms with Gasteiger partial charge in [-0.2, -0.15) is 5.26 Å². The first-order chi connectivity index (χ1) is 14.4. The Bertz CT molecular complexity index is 1090. The minimum absolute atomic E-state index is 0.0947. The van der Waals surface area contributed by atoms with Gasteiger partial charge >= 0.3 is 0 Å². The lowest BCUT2D eigenvalue weighted by Gasteiger charge is -2.31. The molecular formula is C22H19N3O5. The Balaban J connectivity index is 1.46. The van der Waals surface area contributed by atoms with Crippen molar-refractivity contribution >= 4 is 11.8 Å². The van der Waals surface area contributed by atoms with Gasteiger partial charge in [-0.15, -0.1) is 0 Å². The molecule has 8 heteroatoms. The van der Waals surface area contributed by atoms with E-state index in [2.05, 4.69) is 11.4 Å². The molecule has 4 atom stereocenters. The highest BCUT2D eigenvalue weighted by Crippen LogP contribution is 2.47. The summed E-state index contributed by atoms with van der Waals surface area (Å²) in [6.45, 7) is 2.04. The van der Waals surface area contributed by atoms with E-state index in [1.807, 2.05) is 0 Å². The third-order valence-corrected chi connectivity index (χ3v) is 6.24. The van der Waals surface area contributed by atoms with Gasteiger partial charge in [0.25, 0.3) is 0 Å². The molecule has 5 rings (SSSR count). The zero-order valence-corrected chi connectivity index (χ0v) is 16.2. The van der Waals surface area contributed by atoms with E-state index >= 15 is 0 Å². The molecule has 0 aliphatic carbocycles. The molecular weight excluding hydrogens is 386 g/mol. The minimum Gasteiger partial charge on any atom is -0.454 e. The van der Waals surface area contributed by atoms with Gasteiger partial charge in [-0.3, -0.25) is 19.8 Å². The zero-order valence-electron chi connectivity index (χ0n) is 16.2. The number of nitrogens with one attached hydrogen (secondary N) is 1. The summed E-state index contributed by atoms with van der Waals surface area (Å²) in [6, 6.07) is 14.2. The van der Waals surface area contributed by atoms with Crippen LogP contribution in [0.15, 0.2) is 42.5 Å². The zero-order chi connectivity index (χ0) is 21.0. The van der Waals surface area contributed by atoms with E-state index in [1.165, 1.54) is 4.90 Å². The number of benzene rings is 2. The number of nitriles is 1. The number of ether oxygens (including phenoxy) is 2. The van der Waals surface area contributed by atoms with Crippen molar-refractivity contribution in [1.29, 1.82) is 5.26 Å². The number of imide groups is 1. The Morgan fingerprint density at radius 2 is 1.90 bits per heavy atom. The molecule has 2 amide bonds. The normalized spacial score (nSPS) is 29.2. The fourth-order valence-corrected chi connectivity index (χ4v) is 4.69. The average Bonchev–Trinajstić information content (AvgIpc) is 3.39. The lowest BCUT2D eigenvalue weighted by atomic mass is 9.77. The first-order valence-corrected chi connectivity index (χ1v) is 9.62. The SMILES string of the molecule is CC1(c2ccc(C#N)cc2)NC(O)C2C(=O)N(Cc3ccc4c(c3)OCO4)C(=O)C21. The monoisotopic (exact) mass is 405 g/mol. The van der Waals surface area contributed by atoms with Crippen molar-refractivity contribution < 1.29 is 24.2 Å². The number of likely N-dealkylation sites (tertiary alicyclic amines) is 1. The first kappa shape index (κ1) is 18.6. The summed E-state index contributed by atoms with van der Waals surface area (Å²) in [5.74, 6) is -1.15. The molecule has 3 aliphatic rings. The van der Waals surface area contributed by atoms with Gasteiger partial charge in [-0.25, -0.2) is 0 Å². The molecule has 0 bridgehead atoms. The van der Waals surface area contributed by atoms with Crippen LogP contribution in [-0.2, 0) is 21.7 Å². The van der Waals surface area contributed by atoms with Crippen LogP contribution in [0.25, 0.3) is 0 Å². The predicted octanol–water partition coefficient (Wildman–Crippen LogP) is 1.23. The molecule has 8 nitrogen and oxygen atoms in total. The summed E-state index contributed by atoms with van der Waals surface area (Å²) in [5, 5.41) is 22.7. The van der Waals surface area contributed by atoms with Gasteiger partial charge in [-0.1, -0.05) is 18.2 Å². The third-order valence-electron chi connectivity index (χ3n) is 6.24. The number of carbonyl (C=O) groups is 2. The highest BCUT2D eigenvalue weighted by Gasteiger charge is 2.63. The number of amides is 2. The molecule has 2 N–H and O–H groups in total. The fourth-order valence-electron chi connectivity index (χ4n) is 4.69. The van der Waals surface area contributed by atoms with Crippen LogP contribution in [0.4, 0.5) is 0 Å². The molecule has 2 fully saturated rings. The number of fused-ring (bicyclic) bond motifs is 2. The number of nitrogens with zero attached hydrogens (tertiary/aromatic N) is 2. The van der Waals surface area contributed by atoms with Gasteiger partial charge < -0.3 is 14.6 Å². The van der Waals surface area contributed by atoms with E-state index in [1.54, 1.807) is 49.4 Å². The highest BCUT2D eigenvalue weighted by molar-refractivity contribution is 6.06. The molecule has 0 spiro atoms. The Hall–Kier alpha value is -3.41. The van der Waals surface area contributed by atoms with Crippen molar-refractivity contribution in [3.05, 3.63) is 59.2 Å². The van der Waals surface area contributed by atoms with Crippen molar-refractivity contribution in [3.63, 3.8) is 0 Å². The van der Waals surface area contributed by atoms with E-state index in [0.29, 0.717) is 17.1 Å². The van der Waals surface area contributed by atoms with Gasteiger partial charge in [0.05, 0.1) is 35.6 Å². The Morgan fingerprint density at radius 1 is 1.17 bits per heavy atom. The number of hydrogen-bond acceptors (Lipinski definition) is 7. The van der Waals surface area contributed by atoms with Crippen LogP contribution < -0.4 is 14.8 Å². The third kappa shape index (κ3) is 2.60. The molecule has 0 aromatic heterocycles. The maximum absolute atomic E-state index is 13.3. The first-order valence-electron chi connectivity index (χ1n) is 9.62. The topological polar surface area (TPSA) is 112 Å². The van der Waals surface area contributed by atoms with Crippen LogP contribution in [0.1, 0.15) is 23.6 Å². The van der Waals surface area contributed by atoms with E-state index in [-0.39, 0.29) is 19.2 Å². The minimum atomic E-state index is -1.14. The smallest absolute Gasteiger partial charge is 0.237 e. The quantitative estimate of drug-likeness (QED) is 0.739. The van der Waals surface area contributed by atoms with Gasteiger partial charge in [0.1, 0.15) is 6.23 Å². The van der Waals surface area contributed by atoms with E-state index in [9.17, 15) is 14.7 Å². The van der Waals surface area contributed by atoms with Gasteiger partial charge in [0.2, 0.25) is 18.6 Å². The summed E-state index contributed by atoms with van der Waals surface area (Å²) in [6.07, 6.45) is -1.14. The molecule has 0 radical (unpaired) electrons. The van der Waals surface area contributed by atoms with Crippen LogP contribution >= 0.6 is 0 Å². The number of aliphatic hydroxyl groups excluding tert-OH is 1. The fraction of sp³-hybridized carbons (Fsp3) is 0.318. The maximum Gasteiger partial charge on any atom is 0.237 e. The molecule has 3 aliphatic heterocycles. The van der Waals surface area contributed by atoms with Gasteiger partial charge in [0, 0.05) is 0 Å². The molecule has 2 aromatic carbocycles. The maximum atomic E-state index is 13.3. The Kier molecular flexibility index (Phi) is 4.07. The number of aliphatic hydroxyl groups is 1. The van der Waals surface area contributed by atoms with Gasteiger partial charge in [-0.05, 0) is 42.3 Å². The second kappa shape index (κ2) is 6.55. The predicted molar refractivity (Wildman–Crippen MR) is 103 cm³/mol. The molecule has 2 aromatic rings. The summed E-state index contributed by atoms with van der Waals surface area (Å²) >= 11 is 0. The second-order valence-corrected chi connectivity index (χ2v) is 7.93. The van der Waals surface area contributed by atoms with Gasteiger partial charge in [0.15, 0.2) is 11.5 Å². The average molecular weight is 405 g/mol. The lowest BCUT2D eigenvalue weighted by Crippen LogP contribution is -2.47. The van der Waals surface area contributed by atoms with Crippen LogP contribution in [0.2, 0.25) is 0 Å².